The monoisotopic (exact) mass is 281 g/mol. The first-order valence-electron chi connectivity index (χ1n) is 6.24. The van der Waals surface area contributed by atoms with E-state index >= 15 is 0 Å². The van der Waals surface area contributed by atoms with Crippen molar-refractivity contribution in [3.05, 3.63) is 24.3 Å². The fraction of sp³-hybridized carbons (Fsp3) is 0.500. The predicted octanol–water partition coefficient (Wildman–Crippen LogP) is -1.60. The van der Waals surface area contributed by atoms with Crippen LogP contribution in [0.4, 0.5) is 0 Å². The van der Waals surface area contributed by atoms with Crippen molar-refractivity contribution in [1.29, 1.82) is 0 Å². The van der Waals surface area contributed by atoms with Crippen molar-refractivity contribution in [3.63, 3.8) is 0 Å². The second-order valence-electron chi connectivity index (χ2n) is 4.74. The molecule has 108 valence electrons. The number of hydrogen-bond acceptors (Lipinski definition) is 7. The van der Waals surface area contributed by atoms with Crippen LogP contribution in [-0.2, 0) is 4.74 Å². The van der Waals surface area contributed by atoms with E-state index in [1.165, 1.54) is 4.68 Å². The van der Waals surface area contributed by atoms with Crippen LogP contribution >= 0.6 is 0 Å². The molecule has 20 heavy (non-hydrogen) atoms. The third kappa shape index (κ3) is 1.98. The van der Waals surface area contributed by atoms with E-state index < -0.39 is 37.3 Å². The van der Waals surface area contributed by atoms with Gasteiger partial charge in [-0.3, -0.25) is 0 Å². The second-order valence-corrected chi connectivity index (χ2v) is 4.74. The maximum absolute atomic E-state index is 10.0. The number of rotatable bonds is 2. The minimum Gasteiger partial charge on any atom is -0.394 e. The molecule has 4 N–H and O–H groups in total. The topological polar surface area (TPSA) is 121 Å². The lowest BCUT2D eigenvalue weighted by atomic mass is 9.98. The van der Waals surface area contributed by atoms with Crippen molar-refractivity contribution in [2.24, 2.45) is 0 Å². The number of nitrogens with zero attached hydrogens (tertiary/aromatic N) is 3. The Kier molecular flexibility index (Phi) is 3.40. The number of benzene rings is 1. The number of aliphatic hydroxyl groups excluding tert-OH is 4. The van der Waals surface area contributed by atoms with E-state index in [9.17, 15) is 20.4 Å². The molecule has 1 aliphatic rings. The number of aromatic nitrogens is 3. The van der Waals surface area contributed by atoms with Crippen molar-refractivity contribution in [2.45, 2.75) is 30.6 Å². The summed E-state index contributed by atoms with van der Waals surface area (Å²) in [6.45, 7) is -0.478. The van der Waals surface area contributed by atoms with E-state index in [1.807, 2.05) is 0 Å². The van der Waals surface area contributed by atoms with Gasteiger partial charge in [0, 0.05) is 0 Å². The van der Waals surface area contributed by atoms with Gasteiger partial charge in [0.25, 0.3) is 0 Å². The normalized spacial score (nSPS) is 34.5. The van der Waals surface area contributed by atoms with Crippen LogP contribution in [0.15, 0.2) is 24.3 Å². The number of aliphatic hydroxyl groups is 4. The number of fused-ring (bicyclic) bond motifs is 1. The highest BCUT2D eigenvalue weighted by Gasteiger charge is 2.45. The highest BCUT2D eigenvalue weighted by atomic mass is 16.6. The van der Waals surface area contributed by atoms with Crippen LogP contribution in [0.3, 0.4) is 0 Å². The lowest BCUT2D eigenvalue weighted by Crippen LogP contribution is -2.56. The van der Waals surface area contributed by atoms with Gasteiger partial charge in [-0.1, -0.05) is 17.3 Å². The Morgan fingerprint density at radius 2 is 1.85 bits per heavy atom. The lowest BCUT2D eigenvalue weighted by Gasteiger charge is -2.39. The third-order valence-corrected chi connectivity index (χ3v) is 3.49. The SMILES string of the molecule is OC[C@@H]1O[C@H](n2nnc3ccccc32)[C@H](O)[C@H](O)[C@H]1O. The van der Waals surface area contributed by atoms with E-state index in [2.05, 4.69) is 10.3 Å². The van der Waals surface area contributed by atoms with E-state index in [1.54, 1.807) is 24.3 Å². The Labute approximate surface area is 113 Å². The molecule has 2 heterocycles. The summed E-state index contributed by atoms with van der Waals surface area (Å²) in [7, 11) is 0. The molecule has 1 saturated heterocycles. The average Bonchev–Trinajstić information content (AvgIpc) is 2.89. The highest BCUT2D eigenvalue weighted by molar-refractivity contribution is 5.73. The van der Waals surface area contributed by atoms with Crippen LogP contribution in [0.5, 0.6) is 0 Å². The molecule has 0 radical (unpaired) electrons. The summed E-state index contributed by atoms with van der Waals surface area (Å²) >= 11 is 0. The summed E-state index contributed by atoms with van der Waals surface area (Å²) in [6, 6.07) is 7.08. The molecule has 5 atom stereocenters. The Morgan fingerprint density at radius 3 is 2.60 bits per heavy atom. The molecule has 0 bridgehead atoms. The quantitative estimate of drug-likeness (QED) is 0.523. The van der Waals surface area contributed by atoms with Crippen molar-refractivity contribution in [1.82, 2.24) is 15.0 Å². The van der Waals surface area contributed by atoms with Gasteiger partial charge in [0.15, 0.2) is 6.23 Å². The number of ether oxygens (including phenoxy) is 1. The van der Waals surface area contributed by atoms with Gasteiger partial charge in [-0.2, -0.15) is 0 Å². The molecule has 8 heteroatoms. The number of para-hydroxylation sites is 1. The standard InChI is InChI=1S/C12H15N3O5/c16-5-8-9(17)10(18)11(19)12(20-8)15-7-4-2-1-3-6(7)13-14-15/h1-4,8-12,16-19H,5H2/t8-,9-,10+,11+,12-/m0/s1. The molecule has 0 unspecified atom stereocenters. The molecule has 1 fully saturated rings. The summed E-state index contributed by atoms with van der Waals surface area (Å²) in [6.07, 6.45) is -6.20. The van der Waals surface area contributed by atoms with Crippen molar-refractivity contribution in [2.75, 3.05) is 6.61 Å². The van der Waals surface area contributed by atoms with Crippen molar-refractivity contribution >= 4 is 11.0 Å². The molecule has 1 aromatic heterocycles. The summed E-state index contributed by atoms with van der Waals surface area (Å²) in [5, 5.41) is 46.6. The first kappa shape index (κ1) is 13.4. The molecule has 0 saturated carbocycles. The number of hydrogen-bond donors (Lipinski definition) is 4. The zero-order chi connectivity index (χ0) is 14.3. The van der Waals surface area contributed by atoms with Gasteiger partial charge < -0.3 is 25.2 Å². The van der Waals surface area contributed by atoms with Crippen molar-refractivity contribution in [3.8, 4) is 0 Å². The van der Waals surface area contributed by atoms with Crippen LogP contribution in [0.2, 0.25) is 0 Å². The first-order valence-corrected chi connectivity index (χ1v) is 6.24. The third-order valence-electron chi connectivity index (χ3n) is 3.49. The average molecular weight is 281 g/mol. The molecule has 0 spiro atoms. The minimum atomic E-state index is -1.44. The fourth-order valence-electron chi connectivity index (χ4n) is 2.36. The fourth-order valence-corrected chi connectivity index (χ4v) is 2.36. The smallest absolute Gasteiger partial charge is 0.181 e. The van der Waals surface area contributed by atoms with Crippen LogP contribution in [0, 0.1) is 0 Å². The molecule has 3 rings (SSSR count). The summed E-state index contributed by atoms with van der Waals surface area (Å²) in [5.74, 6) is 0. The lowest BCUT2D eigenvalue weighted by molar-refractivity contribution is -0.253. The Balaban J connectivity index is 2.00. The van der Waals surface area contributed by atoms with E-state index in [0.717, 1.165) is 0 Å². The molecular formula is C12H15N3O5. The summed E-state index contributed by atoms with van der Waals surface area (Å²) in [5.41, 5.74) is 1.24. The van der Waals surface area contributed by atoms with E-state index in [-0.39, 0.29) is 0 Å². The highest BCUT2D eigenvalue weighted by Crippen LogP contribution is 2.29. The van der Waals surface area contributed by atoms with Crippen LogP contribution < -0.4 is 0 Å². The summed E-state index contributed by atoms with van der Waals surface area (Å²) < 4.78 is 6.76. The molecule has 8 nitrogen and oxygen atoms in total. The first-order chi connectivity index (χ1) is 9.63. The largest absolute Gasteiger partial charge is 0.394 e. The molecule has 2 aromatic rings. The predicted molar refractivity (Wildman–Crippen MR) is 66.5 cm³/mol. The minimum absolute atomic E-state index is 0.478. The molecular weight excluding hydrogens is 266 g/mol. The molecule has 0 aliphatic carbocycles. The van der Waals surface area contributed by atoms with Gasteiger partial charge >= 0.3 is 0 Å². The second kappa shape index (κ2) is 5.08. The van der Waals surface area contributed by atoms with E-state index in [4.69, 9.17) is 4.74 Å². The maximum atomic E-state index is 10.0. The molecule has 1 aromatic carbocycles. The summed E-state index contributed by atoms with van der Waals surface area (Å²) in [4.78, 5) is 0. The van der Waals surface area contributed by atoms with E-state index in [0.29, 0.717) is 11.0 Å². The van der Waals surface area contributed by atoms with Gasteiger partial charge in [-0.25, -0.2) is 4.68 Å². The van der Waals surface area contributed by atoms with Gasteiger partial charge in [0.05, 0.1) is 12.1 Å². The van der Waals surface area contributed by atoms with Crippen molar-refractivity contribution < 1.29 is 25.2 Å². The van der Waals surface area contributed by atoms with Crippen LogP contribution in [0.1, 0.15) is 6.23 Å². The zero-order valence-corrected chi connectivity index (χ0v) is 10.4. The maximum Gasteiger partial charge on any atom is 0.181 e. The van der Waals surface area contributed by atoms with Gasteiger partial charge in [-0.05, 0) is 12.1 Å². The Morgan fingerprint density at radius 1 is 1.10 bits per heavy atom. The van der Waals surface area contributed by atoms with Gasteiger partial charge in [-0.15, -0.1) is 5.10 Å². The van der Waals surface area contributed by atoms with Crippen LogP contribution in [-0.4, -0.2) is 66.4 Å². The Bertz CT molecular complexity index is 602. The van der Waals surface area contributed by atoms with Crippen LogP contribution in [0.25, 0.3) is 11.0 Å². The molecule has 1 aliphatic heterocycles. The molecule has 0 amide bonds. The zero-order valence-electron chi connectivity index (χ0n) is 10.4. The Hall–Kier alpha value is -1.58. The van der Waals surface area contributed by atoms with Gasteiger partial charge in [0.2, 0.25) is 0 Å². The van der Waals surface area contributed by atoms with Gasteiger partial charge in [0.1, 0.15) is 29.9 Å².